The molecule has 1 saturated heterocycles. The second kappa shape index (κ2) is 7.79. The van der Waals surface area contributed by atoms with Crippen molar-refractivity contribution in [3.8, 4) is 11.5 Å². The lowest BCUT2D eigenvalue weighted by Gasteiger charge is -2.16. The van der Waals surface area contributed by atoms with E-state index >= 15 is 0 Å². The van der Waals surface area contributed by atoms with Crippen LogP contribution in [0.5, 0.6) is 11.5 Å². The Morgan fingerprint density at radius 3 is 2.76 bits per heavy atom. The number of aromatic hydroxyl groups is 1. The van der Waals surface area contributed by atoms with E-state index in [0.717, 1.165) is 0 Å². The molecule has 0 bridgehead atoms. The van der Waals surface area contributed by atoms with Gasteiger partial charge in [-0.2, -0.15) is 0 Å². The lowest BCUT2D eigenvalue weighted by atomic mass is 10.1. The van der Waals surface area contributed by atoms with Gasteiger partial charge in [0.25, 0.3) is 0 Å². The molecule has 0 saturated carbocycles. The number of imidazole rings is 1. The summed E-state index contributed by atoms with van der Waals surface area (Å²) in [5.74, 6) is 0.818. The van der Waals surface area contributed by atoms with Crippen LogP contribution in [0.25, 0.3) is 11.2 Å². The third-order valence-corrected chi connectivity index (χ3v) is 4.90. The number of aliphatic hydroxyl groups excluding tert-OH is 3. The maximum absolute atomic E-state index is 10.3. The van der Waals surface area contributed by atoms with Crippen LogP contribution >= 0.6 is 0 Å². The monoisotopic (exact) mass is 403 g/mol. The molecular formula is C18H21N5O6. The number of aromatic nitrogens is 4. The molecule has 4 atom stereocenters. The molecule has 1 aromatic carbocycles. The second-order valence-corrected chi connectivity index (χ2v) is 6.60. The van der Waals surface area contributed by atoms with Crippen LogP contribution in [0.1, 0.15) is 11.8 Å². The van der Waals surface area contributed by atoms with Gasteiger partial charge in [0.15, 0.2) is 34.7 Å². The summed E-state index contributed by atoms with van der Waals surface area (Å²) in [4.78, 5) is 12.7. The average Bonchev–Trinajstić information content (AvgIpc) is 3.29. The Kier molecular flexibility index (Phi) is 5.20. The van der Waals surface area contributed by atoms with Crippen LogP contribution in [0.4, 0.5) is 5.82 Å². The van der Waals surface area contributed by atoms with Gasteiger partial charge in [-0.3, -0.25) is 4.57 Å². The van der Waals surface area contributed by atoms with Crippen LogP contribution < -0.4 is 10.1 Å². The number of hydrogen-bond donors (Lipinski definition) is 5. The van der Waals surface area contributed by atoms with Gasteiger partial charge in [-0.05, 0) is 6.07 Å². The maximum atomic E-state index is 10.3. The Hall–Kier alpha value is -2.99. The van der Waals surface area contributed by atoms with Gasteiger partial charge >= 0.3 is 0 Å². The van der Waals surface area contributed by atoms with Gasteiger partial charge in [0.2, 0.25) is 0 Å². The normalized spacial score (nSPS) is 24.1. The lowest BCUT2D eigenvalue weighted by molar-refractivity contribution is -0.0511. The highest BCUT2D eigenvalue weighted by Crippen LogP contribution is 2.33. The van der Waals surface area contributed by atoms with E-state index in [-0.39, 0.29) is 12.3 Å². The van der Waals surface area contributed by atoms with Crippen molar-refractivity contribution in [3.05, 3.63) is 36.4 Å². The molecule has 0 amide bonds. The van der Waals surface area contributed by atoms with Gasteiger partial charge in [-0.15, -0.1) is 0 Å². The van der Waals surface area contributed by atoms with Crippen LogP contribution in [-0.4, -0.2) is 72.0 Å². The van der Waals surface area contributed by atoms with Crippen LogP contribution in [-0.2, 0) is 11.3 Å². The van der Waals surface area contributed by atoms with Crippen LogP contribution in [0.15, 0.2) is 30.9 Å². The molecule has 0 spiro atoms. The number of nitrogens with zero attached hydrogens (tertiary/aromatic N) is 4. The smallest absolute Gasteiger partial charge is 0.167 e. The van der Waals surface area contributed by atoms with E-state index in [1.54, 1.807) is 18.2 Å². The van der Waals surface area contributed by atoms with E-state index in [1.807, 2.05) is 0 Å². The lowest BCUT2D eigenvalue weighted by Crippen LogP contribution is -2.33. The highest BCUT2D eigenvalue weighted by Gasteiger charge is 2.44. The zero-order valence-electron chi connectivity index (χ0n) is 15.5. The third-order valence-electron chi connectivity index (χ3n) is 4.90. The van der Waals surface area contributed by atoms with Crippen molar-refractivity contribution >= 4 is 17.0 Å². The number of para-hydroxylation sites is 1. The summed E-state index contributed by atoms with van der Waals surface area (Å²) in [5, 5.41) is 42.9. The van der Waals surface area contributed by atoms with E-state index < -0.39 is 31.1 Å². The molecule has 11 nitrogen and oxygen atoms in total. The fraction of sp³-hybridized carbons (Fsp3) is 0.389. The molecule has 0 aliphatic carbocycles. The molecule has 0 radical (unpaired) electrons. The predicted octanol–water partition coefficient (Wildman–Crippen LogP) is -0.236. The standard InChI is InChI=1S/C18H21N5O6/c1-28-10-4-2-3-9(13(10)25)5-19-16-12-17(21-7-20-16)23(8-22-12)18-15(27)14(26)11(6-24)29-18/h2-4,7-8,11,14-15,18,24-27H,5-6H2,1H3,(H,19,20,21)/t11-,14-,15+,18?/m1/s1. The number of ether oxygens (including phenoxy) is 2. The Morgan fingerprint density at radius 2 is 2.03 bits per heavy atom. The number of fused-ring (bicyclic) bond motifs is 1. The molecular weight excluding hydrogens is 382 g/mol. The molecule has 1 aliphatic rings. The van der Waals surface area contributed by atoms with Gasteiger partial charge < -0.3 is 35.2 Å². The van der Waals surface area contributed by atoms with Gasteiger partial charge in [0.1, 0.15) is 24.6 Å². The van der Waals surface area contributed by atoms with E-state index in [1.165, 1.54) is 24.3 Å². The molecule has 3 heterocycles. The van der Waals surface area contributed by atoms with Gasteiger partial charge in [-0.1, -0.05) is 12.1 Å². The number of phenolic OH excluding ortho intramolecular Hbond substituents is 1. The SMILES string of the molecule is COc1cccc(CNc2ncnc3c2ncn3C2O[C@H](CO)[C@@H](O)[C@@H]2O)c1O. The highest BCUT2D eigenvalue weighted by atomic mass is 16.6. The minimum Gasteiger partial charge on any atom is -0.504 e. The van der Waals surface area contributed by atoms with E-state index in [4.69, 9.17) is 9.47 Å². The van der Waals surface area contributed by atoms with Crippen molar-refractivity contribution in [2.24, 2.45) is 0 Å². The molecule has 29 heavy (non-hydrogen) atoms. The fourth-order valence-electron chi connectivity index (χ4n) is 3.33. The Balaban J connectivity index is 1.60. The van der Waals surface area contributed by atoms with Crippen LogP contribution in [0.2, 0.25) is 0 Å². The minimum absolute atomic E-state index is 0.0323. The molecule has 154 valence electrons. The molecule has 2 aromatic heterocycles. The summed E-state index contributed by atoms with van der Waals surface area (Å²) in [5.41, 5.74) is 1.42. The van der Waals surface area contributed by atoms with Gasteiger partial charge in [0.05, 0.1) is 20.0 Å². The van der Waals surface area contributed by atoms with Crippen molar-refractivity contribution in [1.29, 1.82) is 0 Å². The summed E-state index contributed by atoms with van der Waals surface area (Å²) in [6, 6.07) is 5.17. The molecule has 1 fully saturated rings. The number of benzene rings is 1. The number of nitrogens with one attached hydrogen (secondary N) is 1. The summed E-state index contributed by atoms with van der Waals surface area (Å²) in [7, 11) is 1.48. The Bertz CT molecular complexity index is 1010. The number of phenols is 1. The topological polar surface area (TPSA) is 155 Å². The first kappa shape index (κ1) is 19.3. The van der Waals surface area contributed by atoms with Crippen LogP contribution in [0.3, 0.4) is 0 Å². The van der Waals surface area contributed by atoms with E-state index in [0.29, 0.717) is 28.3 Å². The molecule has 5 N–H and O–H groups in total. The van der Waals surface area contributed by atoms with Crippen molar-refractivity contribution in [2.45, 2.75) is 31.1 Å². The number of anilines is 1. The van der Waals surface area contributed by atoms with Crippen molar-refractivity contribution in [1.82, 2.24) is 19.5 Å². The van der Waals surface area contributed by atoms with E-state index in [2.05, 4.69) is 20.3 Å². The summed E-state index contributed by atoms with van der Waals surface area (Å²) >= 11 is 0. The number of rotatable bonds is 6. The van der Waals surface area contributed by atoms with E-state index in [9.17, 15) is 20.4 Å². The Labute approximate surface area is 165 Å². The molecule has 1 unspecified atom stereocenters. The molecule has 11 heteroatoms. The highest BCUT2D eigenvalue weighted by molar-refractivity contribution is 5.82. The van der Waals surface area contributed by atoms with Gasteiger partial charge in [-0.25, -0.2) is 15.0 Å². The predicted molar refractivity (Wildman–Crippen MR) is 100 cm³/mol. The fourth-order valence-corrected chi connectivity index (χ4v) is 3.33. The summed E-state index contributed by atoms with van der Waals surface area (Å²) in [6.45, 7) is -0.164. The third kappa shape index (κ3) is 3.34. The molecule has 1 aliphatic heterocycles. The number of aliphatic hydroxyl groups is 3. The quantitative estimate of drug-likeness (QED) is 0.372. The number of hydrogen-bond acceptors (Lipinski definition) is 10. The Morgan fingerprint density at radius 1 is 1.21 bits per heavy atom. The summed E-state index contributed by atoms with van der Waals surface area (Å²) < 4.78 is 12.1. The molecule has 4 rings (SSSR count). The average molecular weight is 403 g/mol. The second-order valence-electron chi connectivity index (χ2n) is 6.60. The largest absolute Gasteiger partial charge is 0.504 e. The van der Waals surface area contributed by atoms with Crippen molar-refractivity contribution in [2.75, 3.05) is 19.0 Å². The van der Waals surface area contributed by atoms with Crippen molar-refractivity contribution in [3.63, 3.8) is 0 Å². The summed E-state index contributed by atoms with van der Waals surface area (Å²) in [6.07, 6.45) is -1.56. The van der Waals surface area contributed by atoms with Crippen LogP contribution in [0, 0.1) is 0 Å². The molecule has 3 aromatic rings. The zero-order valence-corrected chi connectivity index (χ0v) is 15.5. The zero-order chi connectivity index (χ0) is 20.5. The number of methoxy groups -OCH3 is 1. The minimum atomic E-state index is -1.25. The maximum Gasteiger partial charge on any atom is 0.167 e. The van der Waals surface area contributed by atoms with Gasteiger partial charge in [0, 0.05) is 12.1 Å². The van der Waals surface area contributed by atoms with Crippen molar-refractivity contribution < 1.29 is 29.9 Å². The first-order chi connectivity index (χ1) is 14.0. The first-order valence-electron chi connectivity index (χ1n) is 8.93. The first-order valence-corrected chi connectivity index (χ1v) is 8.93.